The molecule has 29 heavy (non-hydrogen) atoms. The number of ether oxygens (including phenoxy) is 1. The molecule has 160 valence electrons. The van der Waals surface area contributed by atoms with E-state index in [4.69, 9.17) is 12.7 Å². The molecule has 9 heteroatoms. The van der Waals surface area contributed by atoms with Gasteiger partial charge in [-0.25, -0.2) is 13.2 Å². The van der Waals surface area contributed by atoms with Crippen LogP contribution in [-0.2, 0) is 19.4 Å². The van der Waals surface area contributed by atoms with Crippen LogP contribution >= 0.6 is 0 Å². The van der Waals surface area contributed by atoms with Crippen molar-refractivity contribution in [1.29, 1.82) is 0 Å². The zero-order valence-electron chi connectivity index (χ0n) is 17.5. The van der Waals surface area contributed by atoms with E-state index in [1.165, 1.54) is 6.92 Å². The molecule has 1 aromatic rings. The maximum absolute atomic E-state index is 13.0. The van der Waals surface area contributed by atoms with Gasteiger partial charge in [-0.3, -0.25) is 4.79 Å². The van der Waals surface area contributed by atoms with E-state index in [2.05, 4.69) is 0 Å². The van der Waals surface area contributed by atoms with E-state index in [9.17, 15) is 18.0 Å². The van der Waals surface area contributed by atoms with Crippen LogP contribution in [0.1, 0.15) is 46.0 Å². The lowest BCUT2D eigenvalue weighted by molar-refractivity contribution is -0.127. The lowest BCUT2D eigenvalue weighted by Crippen LogP contribution is -2.34. The summed E-state index contributed by atoms with van der Waals surface area (Å²) >= 11 is 0. The molecule has 0 aromatic heterocycles. The monoisotopic (exact) mass is 422 g/mol. The Morgan fingerprint density at radius 1 is 1.10 bits per heavy atom. The molecule has 1 atom stereocenters. The first-order valence-corrected chi connectivity index (χ1v) is 11.4. The minimum Gasteiger partial charge on any atom is -0.449 e. The van der Waals surface area contributed by atoms with Crippen LogP contribution in [0, 0.1) is 0 Å². The van der Waals surface area contributed by atoms with Crippen molar-refractivity contribution in [3.05, 3.63) is 30.3 Å². The highest BCUT2D eigenvalue weighted by atomic mass is 32.2. The van der Waals surface area contributed by atoms with Crippen LogP contribution in [-0.4, -0.2) is 70.1 Å². The number of unbranched alkanes of at least 4 members (excludes halogenated alkanes) is 3. The van der Waals surface area contributed by atoms with Gasteiger partial charge in [-0.2, -0.15) is 0 Å². The van der Waals surface area contributed by atoms with E-state index >= 15 is 0 Å². The molecule has 0 spiro atoms. The quantitative estimate of drug-likeness (QED) is 0.382. The predicted octanol–water partition coefficient (Wildman–Crippen LogP) is 2.80. The Kier molecular flexibility index (Phi) is 10.8. The summed E-state index contributed by atoms with van der Waals surface area (Å²) in [4.78, 5) is 25.8. The predicted molar refractivity (Wildman–Crippen MR) is 113 cm³/mol. The van der Waals surface area contributed by atoms with Crippen LogP contribution in [0.15, 0.2) is 35.2 Å². The van der Waals surface area contributed by atoms with E-state index in [1.807, 2.05) is 0 Å². The molecular formula is C20H31BN2O5S. The van der Waals surface area contributed by atoms with Gasteiger partial charge in [-0.1, -0.05) is 37.5 Å². The van der Waals surface area contributed by atoms with Crippen molar-refractivity contribution in [1.82, 2.24) is 9.71 Å². The normalized spacial score (nSPS) is 12.2. The van der Waals surface area contributed by atoms with Gasteiger partial charge >= 0.3 is 6.09 Å². The SMILES string of the molecule is [B]N(CC)C(=O)OCC(CCCCCCN(C)C(C)=O)S(=O)(=O)c1ccccc1. The summed E-state index contributed by atoms with van der Waals surface area (Å²) in [6, 6.07) is 8.17. The zero-order valence-corrected chi connectivity index (χ0v) is 18.4. The number of carbonyl (C=O) groups is 2. The van der Waals surface area contributed by atoms with E-state index in [1.54, 1.807) is 49.2 Å². The van der Waals surface area contributed by atoms with Crippen LogP contribution in [0.25, 0.3) is 0 Å². The third kappa shape index (κ3) is 8.47. The molecule has 0 aliphatic carbocycles. The summed E-state index contributed by atoms with van der Waals surface area (Å²) in [6.45, 7) is 3.94. The molecule has 1 unspecified atom stereocenters. The second-order valence-corrected chi connectivity index (χ2v) is 9.21. The first-order valence-electron chi connectivity index (χ1n) is 9.89. The Morgan fingerprint density at radius 2 is 1.72 bits per heavy atom. The standard InChI is InChI=1S/C20H31BN2O5S/c1-4-23(21)20(25)28-16-19(29(26,27)18-12-9-7-10-13-18)14-8-5-6-11-15-22(3)17(2)24/h7,9-10,12-13,19H,4-6,8,11,14-16H2,1-3H3. The van der Waals surface area contributed by atoms with E-state index in [0.29, 0.717) is 19.4 Å². The van der Waals surface area contributed by atoms with Crippen molar-refractivity contribution in [2.75, 3.05) is 26.7 Å². The average Bonchev–Trinajstić information content (AvgIpc) is 2.71. The highest BCUT2D eigenvalue weighted by Crippen LogP contribution is 2.21. The summed E-state index contributed by atoms with van der Waals surface area (Å²) in [5.74, 6) is 0.0295. The Morgan fingerprint density at radius 3 is 2.31 bits per heavy atom. The van der Waals surface area contributed by atoms with Crippen LogP contribution in [0.2, 0.25) is 0 Å². The number of rotatable bonds is 12. The molecule has 0 saturated carbocycles. The highest BCUT2D eigenvalue weighted by Gasteiger charge is 2.28. The minimum atomic E-state index is -3.64. The van der Waals surface area contributed by atoms with Gasteiger partial charge in [0.15, 0.2) is 9.84 Å². The Balaban J connectivity index is 2.66. The number of sulfone groups is 1. The summed E-state index contributed by atoms with van der Waals surface area (Å²) in [7, 11) is 3.63. The Labute approximate surface area is 175 Å². The summed E-state index contributed by atoms with van der Waals surface area (Å²) in [5.41, 5.74) is 0. The van der Waals surface area contributed by atoms with Crippen molar-refractivity contribution in [3.63, 3.8) is 0 Å². The number of nitrogens with zero attached hydrogens (tertiary/aromatic N) is 2. The first kappa shape index (κ1) is 25.0. The lowest BCUT2D eigenvalue weighted by atomic mass is 10.1. The second kappa shape index (κ2) is 12.5. The van der Waals surface area contributed by atoms with Crippen LogP contribution < -0.4 is 0 Å². The molecule has 2 radical (unpaired) electrons. The molecule has 1 rings (SSSR count). The fourth-order valence-corrected chi connectivity index (χ4v) is 4.38. The van der Waals surface area contributed by atoms with E-state index < -0.39 is 21.2 Å². The molecular weight excluding hydrogens is 391 g/mol. The Hall–Kier alpha value is -2.03. The highest BCUT2D eigenvalue weighted by molar-refractivity contribution is 7.92. The minimum absolute atomic E-state index is 0.0295. The van der Waals surface area contributed by atoms with Crippen molar-refractivity contribution in [2.45, 2.75) is 56.1 Å². The molecule has 1 aromatic carbocycles. The van der Waals surface area contributed by atoms with Gasteiger partial charge in [0.1, 0.15) is 11.9 Å². The average molecular weight is 422 g/mol. The largest absolute Gasteiger partial charge is 0.449 e. The number of hydrogen-bond donors (Lipinski definition) is 0. The molecule has 0 heterocycles. The fourth-order valence-electron chi connectivity index (χ4n) is 2.74. The molecule has 0 saturated heterocycles. The third-order valence-corrected chi connectivity index (χ3v) is 6.96. The van der Waals surface area contributed by atoms with Crippen LogP contribution in [0.3, 0.4) is 0 Å². The maximum atomic E-state index is 13.0. The molecule has 0 aliphatic rings. The fraction of sp³-hybridized carbons (Fsp3) is 0.600. The number of hydrogen-bond acceptors (Lipinski definition) is 5. The Bertz CT molecular complexity index is 742. The van der Waals surface area contributed by atoms with E-state index in [-0.39, 0.29) is 24.0 Å². The van der Waals surface area contributed by atoms with Crippen LogP contribution in [0.5, 0.6) is 0 Å². The summed E-state index contributed by atoms with van der Waals surface area (Å²) in [6.07, 6.45) is 2.90. The molecule has 0 bridgehead atoms. The first-order chi connectivity index (χ1) is 13.7. The van der Waals surface area contributed by atoms with Gasteiger partial charge in [0.05, 0.1) is 4.90 Å². The maximum Gasteiger partial charge on any atom is 0.396 e. The van der Waals surface area contributed by atoms with E-state index in [0.717, 1.165) is 24.1 Å². The number of benzene rings is 1. The van der Waals surface area contributed by atoms with Gasteiger partial charge in [0.25, 0.3) is 0 Å². The molecule has 2 amide bonds. The molecule has 7 nitrogen and oxygen atoms in total. The molecule has 0 aliphatic heterocycles. The van der Waals surface area contributed by atoms with Gasteiger partial charge < -0.3 is 14.4 Å². The van der Waals surface area contributed by atoms with Gasteiger partial charge in [-0.05, 0) is 31.9 Å². The zero-order chi connectivity index (χ0) is 21.9. The molecule has 0 N–H and O–H groups in total. The van der Waals surface area contributed by atoms with Crippen molar-refractivity contribution in [3.8, 4) is 0 Å². The summed E-state index contributed by atoms with van der Waals surface area (Å²) < 4.78 is 31.1. The van der Waals surface area contributed by atoms with Gasteiger partial charge in [0, 0.05) is 27.1 Å². The number of carbonyl (C=O) groups excluding carboxylic acids is 2. The summed E-state index contributed by atoms with van der Waals surface area (Å²) in [5, 5.41) is -0.834. The number of amides is 2. The van der Waals surface area contributed by atoms with Crippen molar-refractivity contribution in [2.24, 2.45) is 0 Å². The van der Waals surface area contributed by atoms with Gasteiger partial charge in [0.2, 0.25) is 13.9 Å². The van der Waals surface area contributed by atoms with Crippen LogP contribution in [0.4, 0.5) is 4.79 Å². The van der Waals surface area contributed by atoms with Crippen molar-refractivity contribution >= 4 is 29.8 Å². The lowest BCUT2D eigenvalue weighted by Gasteiger charge is -2.21. The third-order valence-electron chi connectivity index (χ3n) is 4.79. The molecule has 0 fully saturated rings. The topological polar surface area (TPSA) is 84.0 Å². The smallest absolute Gasteiger partial charge is 0.396 e. The van der Waals surface area contributed by atoms with Gasteiger partial charge in [-0.15, -0.1) is 0 Å². The second-order valence-electron chi connectivity index (χ2n) is 6.99. The van der Waals surface area contributed by atoms with Crippen molar-refractivity contribution < 1.29 is 22.7 Å².